The summed E-state index contributed by atoms with van der Waals surface area (Å²) in [6.07, 6.45) is 9.15. The first kappa shape index (κ1) is 36.4. The number of quaternary nitrogens is 1. The highest BCUT2D eigenvalue weighted by atomic mass is 16.3. The maximum absolute atomic E-state index is 13.6. The Bertz CT molecular complexity index is 2700. The Kier molecular flexibility index (Phi) is 14.3. The summed E-state index contributed by atoms with van der Waals surface area (Å²) >= 11 is 0. The molecule has 3 nitrogen and oxygen atoms in total. The Morgan fingerprint density at radius 2 is 0.824 bits per heavy atom. The van der Waals surface area contributed by atoms with Crippen LogP contribution < -0.4 is 0 Å². The molecule has 1 N–H and O–H groups in total. The average Bonchev–Trinajstić information content (AvgIpc) is 3.64. The van der Waals surface area contributed by atoms with E-state index in [2.05, 4.69) is 202 Å². The molecule has 1 aromatic rings. The molecule has 3 rings (SSSR count). The molecule has 3 unspecified atom stereocenters. The van der Waals surface area contributed by atoms with Gasteiger partial charge in [0.25, 0.3) is 5.54 Å². The Labute approximate surface area is 300 Å². The maximum atomic E-state index is 13.6. The van der Waals surface area contributed by atoms with Gasteiger partial charge in [-0.15, -0.1) is 12.8 Å². The number of aliphatic hydroxyl groups is 1. The number of fused-ring (bicyclic) bond motifs is 1. The molecule has 0 saturated carbocycles. The number of nitrogens with zero attached hydrogens (tertiary/aromatic N) is 1. The van der Waals surface area contributed by atoms with E-state index in [1.165, 1.54) is 0 Å². The van der Waals surface area contributed by atoms with Crippen LogP contribution in [0.15, 0.2) is 24.3 Å². The molecule has 1 aliphatic carbocycles. The molecule has 51 heavy (non-hydrogen) atoms. The Balaban J connectivity index is 1.81. The van der Waals surface area contributed by atoms with Crippen LogP contribution >= 0.6 is 0 Å². The molecule has 1 amide bonds. The number of hydrogen-bond acceptors (Lipinski definition) is 2. The summed E-state index contributed by atoms with van der Waals surface area (Å²) in [6, 6.07) is 13.1. The van der Waals surface area contributed by atoms with Gasteiger partial charge >= 0.3 is 5.91 Å². The first-order chi connectivity index (χ1) is 25.0. The van der Waals surface area contributed by atoms with Crippen LogP contribution in [0, 0.1) is 214 Å². The zero-order valence-electron chi connectivity index (χ0n) is 26.6. The van der Waals surface area contributed by atoms with Crippen LogP contribution in [0.2, 0.25) is 0 Å². The fourth-order valence-corrected chi connectivity index (χ4v) is 4.51. The molecule has 0 bridgehead atoms. The zero-order chi connectivity index (χ0) is 36.5. The predicted octanol–water partition coefficient (Wildman–Crippen LogP) is 1.56. The first-order valence-corrected chi connectivity index (χ1v) is 14.2. The van der Waals surface area contributed by atoms with Gasteiger partial charge in [0.05, 0.1) is 11.8 Å². The molecule has 222 valence electrons. The molecule has 1 aromatic carbocycles. The highest BCUT2D eigenvalue weighted by Gasteiger charge is 2.87. The van der Waals surface area contributed by atoms with E-state index in [4.69, 9.17) is 12.8 Å². The summed E-state index contributed by atoms with van der Waals surface area (Å²) in [5, 5.41) is 11.5. The number of carbonyl (C=O) groups excluding carboxylic acids is 1. The summed E-state index contributed by atoms with van der Waals surface area (Å²) in [4.78, 5) is 13.6. The second-order valence-electron chi connectivity index (χ2n) is 9.30. The highest BCUT2D eigenvalue weighted by molar-refractivity contribution is 5.96. The van der Waals surface area contributed by atoms with Crippen molar-refractivity contribution in [3.8, 4) is 214 Å². The lowest BCUT2D eigenvalue weighted by atomic mass is 9.75. The van der Waals surface area contributed by atoms with Crippen molar-refractivity contribution >= 4 is 5.91 Å². The number of terminal acetylenes is 2. The monoisotopic (exact) mass is 636 g/mol. The lowest BCUT2D eigenvalue weighted by molar-refractivity contribution is -0.656. The molecule has 1 fully saturated rings. The third kappa shape index (κ3) is 10.2. The van der Waals surface area contributed by atoms with Gasteiger partial charge < -0.3 is 5.11 Å². The summed E-state index contributed by atoms with van der Waals surface area (Å²) in [5.41, 5.74) is 0.331. The molecule has 1 heterocycles. The average molecular weight is 637 g/mol. The molecular formula is C48H14NO2+. The van der Waals surface area contributed by atoms with Gasteiger partial charge in [-0.2, -0.15) is 0 Å². The molecule has 3 heteroatoms. The molecule has 0 radical (unpaired) electrons. The number of rotatable bonds is 0. The van der Waals surface area contributed by atoms with E-state index < -0.39 is 16.1 Å². The Morgan fingerprint density at radius 1 is 0.529 bits per heavy atom. The van der Waals surface area contributed by atoms with Crippen LogP contribution in [0.25, 0.3) is 0 Å². The SMILES string of the molecule is C#CC#CC#CC#CC#CC#CC#CC#CC#C[N+]1(C#CC#CC#CC#CC#CC#CC#CC#CC#C)C(=O)C12CC(C)c1ccccc1C2O. The number of amides is 1. The minimum atomic E-state index is -1.30. The lowest BCUT2D eigenvalue weighted by Gasteiger charge is -2.30. The summed E-state index contributed by atoms with van der Waals surface area (Å²) in [6.45, 7) is 1.99. The fraction of sp³-hybridized carbons (Fsp3) is 0.104. The normalized spacial score (nSPS) is 15.3. The number of hydrogen-bond donors (Lipinski definition) is 1. The van der Waals surface area contributed by atoms with Crippen molar-refractivity contribution in [1.29, 1.82) is 0 Å². The van der Waals surface area contributed by atoms with Crippen molar-refractivity contribution in [2.45, 2.75) is 30.9 Å². The van der Waals surface area contributed by atoms with E-state index in [-0.39, 0.29) is 11.8 Å². The topological polar surface area (TPSA) is 37.3 Å². The lowest BCUT2D eigenvalue weighted by Crippen LogP contribution is -2.39. The minimum absolute atomic E-state index is 0.0337. The molecule has 3 atom stereocenters. The van der Waals surface area contributed by atoms with Gasteiger partial charge in [0.1, 0.15) is 0 Å². The second kappa shape index (κ2) is 20.1. The van der Waals surface area contributed by atoms with Crippen LogP contribution in [0.4, 0.5) is 0 Å². The highest BCUT2D eigenvalue weighted by Crippen LogP contribution is 2.60. The zero-order valence-corrected chi connectivity index (χ0v) is 26.6. The largest absolute Gasteiger partial charge is 0.408 e. The first-order valence-electron chi connectivity index (χ1n) is 14.2. The van der Waals surface area contributed by atoms with Gasteiger partial charge in [-0.3, -0.25) is 0 Å². The van der Waals surface area contributed by atoms with E-state index >= 15 is 0 Å². The van der Waals surface area contributed by atoms with Gasteiger partial charge in [0.2, 0.25) is 0 Å². The molecule has 1 saturated heterocycles. The summed E-state index contributed by atoms with van der Waals surface area (Å²) in [7, 11) is 0. The van der Waals surface area contributed by atoms with Crippen LogP contribution in [0.5, 0.6) is 0 Å². The molecule has 2 aliphatic rings. The van der Waals surface area contributed by atoms with Crippen molar-refractivity contribution in [2.75, 3.05) is 0 Å². The van der Waals surface area contributed by atoms with Crippen LogP contribution in [-0.2, 0) is 4.79 Å². The van der Waals surface area contributed by atoms with E-state index in [1.54, 1.807) is 6.07 Å². The molecule has 1 spiro atoms. The number of aliphatic hydroxyl groups excluding tert-OH is 1. The summed E-state index contributed by atoms with van der Waals surface area (Å²) < 4.78 is -0.633. The van der Waals surface area contributed by atoms with Crippen molar-refractivity contribution in [3.63, 3.8) is 0 Å². The fourth-order valence-electron chi connectivity index (χ4n) is 4.51. The van der Waals surface area contributed by atoms with E-state index in [1.807, 2.05) is 25.1 Å². The van der Waals surface area contributed by atoms with Crippen LogP contribution in [-0.4, -0.2) is 21.0 Å². The van der Waals surface area contributed by atoms with Gasteiger partial charge in [-0.05, 0) is 112 Å². The standard InChI is InChI=1S/C48H14NO2/c1-4-6-8-10-12-14-16-18-20-22-24-26-28-30-32-36-40-49(47(51)48(49)42-43(3)44-38-34-35-39-45(44)46(48)50)41-37-33-31-29-27-25-23-21-19-17-15-13-11-9-7-5-2/h1-2,34-35,38-39,43,46,50H,42H2,3H3/q+1. The van der Waals surface area contributed by atoms with Crippen molar-refractivity contribution in [2.24, 2.45) is 0 Å². The molecule has 1 aliphatic heterocycles. The smallest absolute Gasteiger partial charge is 0.381 e. The molecule has 0 aromatic heterocycles. The van der Waals surface area contributed by atoms with Gasteiger partial charge in [0, 0.05) is 89.3 Å². The van der Waals surface area contributed by atoms with Crippen molar-refractivity contribution in [1.82, 2.24) is 0 Å². The number of carbonyl (C=O) groups is 1. The Hall–Kier alpha value is -9.11. The van der Waals surface area contributed by atoms with E-state index in [0.717, 1.165) is 5.56 Å². The van der Waals surface area contributed by atoms with Crippen LogP contribution in [0.3, 0.4) is 0 Å². The van der Waals surface area contributed by atoms with Crippen LogP contribution in [0.1, 0.15) is 36.5 Å². The summed E-state index contributed by atoms with van der Waals surface area (Å²) in [5.74, 6) is 78.9. The third-order valence-electron chi connectivity index (χ3n) is 6.46. The third-order valence-corrected chi connectivity index (χ3v) is 6.46. The molecular weight excluding hydrogens is 623 g/mol. The minimum Gasteiger partial charge on any atom is -0.381 e. The quantitative estimate of drug-likeness (QED) is 0.267. The van der Waals surface area contributed by atoms with Gasteiger partial charge in [-0.25, -0.2) is 4.79 Å². The maximum Gasteiger partial charge on any atom is 0.408 e. The van der Waals surface area contributed by atoms with Crippen molar-refractivity contribution < 1.29 is 14.4 Å². The second-order valence-corrected chi connectivity index (χ2v) is 9.30. The number of benzene rings is 1. The van der Waals surface area contributed by atoms with Gasteiger partial charge in [-0.1, -0.05) is 35.7 Å². The van der Waals surface area contributed by atoms with Gasteiger partial charge in [0.15, 0.2) is 18.2 Å². The van der Waals surface area contributed by atoms with E-state index in [0.29, 0.717) is 12.0 Å². The predicted molar refractivity (Wildman–Crippen MR) is 195 cm³/mol. The van der Waals surface area contributed by atoms with Crippen molar-refractivity contribution in [3.05, 3.63) is 35.4 Å². The Morgan fingerprint density at radius 3 is 1.16 bits per heavy atom. The van der Waals surface area contributed by atoms with E-state index in [9.17, 15) is 9.90 Å².